The molecule has 1 fully saturated rings. The highest BCUT2D eigenvalue weighted by molar-refractivity contribution is 5.77. The molecule has 3 aromatic heterocycles. The SMILES string of the molecule is C=C(C)c1cncc(Nc2c(-c3ccc(-c4ccc(C5CC5)cc4)cn3)cnn2C)n1. The normalized spacial score (nSPS) is 13.2. The van der Waals surface area contributed by atoms with Crippen molar-refractivity contribution in [1.29, 1.82) is 0 Å². The third kappa shape index (κ3) is 3.97. The van der Waals surface area contributed by atoms with Crippen LogP contribution in [0.15, 0.2) is 67.8 Å². The molecule has 0 unspecified atom stereocenters. The van der Waals surface area contributed by atoms with E-state index in [1.54, 1.807) is 17.1 Å². The molecule has 1 N–H and O–H groups in total. The zero-order chi connectivity index (χ0) is 21.4. The molecule has 0 saturated heterocycles. The van der Waals surface area contributed by atoms with Crippen molar-refractivity contribution in [1.82, 2.24) is 24.7 Å². The van der Waals surface area contributed by atoms with Gasteiger partial charge in [0, 0.05) is 18.8 Å². The van der Waals surface area contributed by atoms with Gasteiger partial charge in [-0.25, -0.2) is 4.98 Å². The Morgan fingerprint density at radius 2 is 1.77 bits per heavy atom. The van der Waals surface area contributed by atoms with Crippen molar-refractivity contribution in [2.45, 2.75) is 25.7 Å². The molecule has 0 amide bonds. The Balaban J connectivity index is 1.40. The van der Waals surface area contributed by atoms with Crippen LogP contribution in [0.4, 0.5) is 11.6 Å². The first kappa shape index (κ1) is 19.2. The molecule has 3 heterocycles. The molecule has 0 radical (unpaired) electrons. The van der Waals surface area contributed by atoms with Crippen LogP contribution in [-0.4, -0.2) is 24.7 Å². The van der Waals surface area contributed by atoms with Crippen LogP contribution in [-0.2, 0) is 7.05 Å². The van der Waals surface area contributed by atoms with Gasteiger partial charge in [-0.1, -0.05) is 36.9 Å². The second-order valence-corrected chi connectivity index (χ2v) is 8.05. The van der Waals surface area contributed by atoms with Gasteiger partial charge in [-0.15, -0.1) is 0 Å². The molecule has 154 valence electrons. The molecule has 5 rings (SSSR count). The Labute approximate surface area is 181 Å². The van der Waals surface area contributed by atoms with Gasteiger partial charge in [0.25, 0.3) is 0 Å². The van der Waals surface area contributed by atoms with E-state index in [-0.39, 0.29) is 0 Å². The van der Waals surface area contributed by atoms with Gasteiger partial charge in [-0.2, -0.15) is 5.10 Å². The predicted octanol–water partition coefficient (Wildman–Crippen LogP) is 5.59. The van der Waals surface area contributed by atoms with Crippen LogP contribution in [0.25, 0.3) is 28.0 Å². The molecule has 31 heavy (non-hydrogen) atoms. The van der Waals surface area contributed by atoms with Gasteiger partial charge in [-0.05, 0) is 48.4 Å². The highest BCUT2D eigenvalue weighted by atomic mass is 15.3. The Kier molecular flexibility index (Phi) is 4.82. The van der Waals surface area contributed by atoms with E-state index in [9.17, 15) is 0 Å². The van der Waals surface area contributed by atoms with Crippen LogP contribution in [0.3, 0.4) is 0 Å². The molecule has 1 saturated carbocycles. The van der Waals surface area contributed by atoms with Crippen molar-refractivity contribution < 1.29 is 0 Å². The van der Waals surface area contributed by atoms with E-state index in [0.717, 1.165) is 39.8 Å². The lowest BCUT2D eigenvalue weighted by Gasteiger charge is -2.10. The van der Waals surface area contributed by atoms with Crippen LogP contribution in [0.5, 0.6) is 0 Å². The standard InChI is InChI=1S/C25H24N6/c1-16(2)23-14-26-15-24(29-23)30-25-21(13-28-31(25)3)22-11-10-20(12-27-22)19-8-6-18(7-9-19)17-4-5-17/h6-15,17H,1,4-5H2,2-3H3,(H,29,30). The van der Waals surface area contributed by atoms with Crippen molar-refractivity contribution in [2.75, 3.05) is 5.32 Å². The van der Waals surface area contributed by atoms with E-state index in [2.05, 4.69) is 57.3 Å². The number of pyridine rings is 1. The van der Waals surface area contributed by atoms with Crippen molar-refractivity contribution in [2.24, 2.45) is 7.05 Å². The number of nitrogens with zero attached hydrogens (tertiary/aromatic N) is 5. The number of hydrogen-bond donors (Lipinski definition) is 1. The Bertz CT molecular complexity index is 1230. The summed E-state index contributed by atoms with van der Waals surface area (Å²) in [5.41, 5.74) is 7.09. The molecule has 4 aromatic rings. The van der Waals surface area contributed by atoms with Gasteiger partial charge in [0.1, 0.15) is 5.82 Å². The number of benzene rings is 1. The van der Waals surface area contributed by atoms with Crippen LogP contribution in [0.1, 0.15) is 36.9 Å². The molecular weight excluding hydrogens is 384 g/mol. The molecule has 0 aliphatic heterocycles. The average molecular weight is 409 g/mol. The van der Waals surface area contributed by atoms with Gasteiger partial charge in [0.2, 0.25) is 0 Å². The first-order valence-corrected chi connectivity index (χ1v) is 10.4. The molecule has 0 spiro atoms. The topological polar surface area (TPSA) is 68.5 Å². The highest BCUT2D eigenvalue weighted by Gasteiger charge is 2.23. The van der Waals surface area contributed by atoms with E-state index >= 15 is 0 Å². The number of aromatic nitrogens is 5. The molecule has 1 aliphatic rings. The number of rotatable bonds is 6. The van der Waals surface area contributed by atoms with E-state index in [1.165, 1.54) is 24.0 Å². The lowest BCUT2D eigenvalue weighted by molar-refractivity contribution is 0.776. The van der Waals surface area contributed by atoms with E-state index in [1.807, 2.05) is 32.4 Å². The first-order valence-electron chi connectivity index (χ1n) is 10.4. The quantitative estimate of drug-likeness (QED) is 0.450. The van der Waals surface area contributed by atoms with E-state index in [4.69, 9.17) is 4.98 Å². The maximum Gasteiger partial charge on any atom is 0.150 e. The smallest absolute Gasteiger partial charge is 0.150 e. The third-order valence-corrected chi connectivity index (χ3v) is 5.59. The summed E-state index contributed by atoms with van der Waals surface area (Å²) in [6, 6.07) is 13.0. The molecule has 6 nitrogen and oxygen atoms in total. The summed E-state index contributed by atoms with van der Waals surface area (Å²) >= 11 is 0. The molecule has 6 heteroatoms. The van der Waals surface area contributed by atoms with Crippen LogP contribution in [0, 0.1) is 0 Å². The summed E-state index contributed by atoms with van der Waals surface area (Å²) in [4.78, 5) is 13.5. The molecule has 1 aliphatic carbocycles. The van der Waals surface area contributed by atoms with Crippen LogP contribution in [0.2, 0.25) is 0 Å². The van der Waals surface area contributed by atoms with Gasteiger partial charge in [-0.3, -0.25) is 14.6 Å². The second kappa shape index (κ2) is 7.80. The number of nitrogens with one attached hydrogen (secondary N) is 1. The molecule has 0 bridgehead atoms. The monoisotopic (exact) mass is 408 g/mol. The fourth-order valence-electron chi connectivity index (χ4n) is 3.61. The maximum atomic E-state index is 4.71. The Morgan fingerprint density at radius 3 is 2.45 bits per heavy atom. The fourth-order valence-corrected chi connectivity index (χ4v) is 3.61. The summed E-state index contributed by atoms with van der Waals surface area (Å²) in [5.74, 6) is 2.21. The fraction of sp³-hybridized carbons (Fsp3) is 0.200. The Hall–Kier alpha value is -3.80. The largest absolute Gasteiger partial charge is 0.323 e. The second-order valence-electron chi connectivity index (χ2n) is 8.05. The lowest BCUT2D eigenvalue weighted by atomic mass is 10.0. The highest BCUT2D eigenvalue weighted by Crippen LogP contribution is 2.40. The van der Waals surface area contributed by atoms with Crippen molar-refractivity contribution in [3.8, 4) is 22.4 Å². The summed E-state index contributed by atoms with van der Waals surface area (Å²) in [6.07, 6.45) is 9.75. The summed E-state index contributed by atoms with van der Waals surface area (Å²) in [5, 5.41) is 7.74. The van der Waals surface area contributed by atoms with Gasteiger partial charge >= 0.3 is 0 Å². The molecule has 0 atom stereocenters. The number of aryl methyl sites for hydroxylation is 1. The first-order chi connectivity index (χ1) is 15.1. The van der Waals surface area contributed by atoms with E-state index < -0.39 is 0 Å². The summed E-state index contributed by atoms with van der Waals surface area (Å²) < 4.78 is 1.77. The van der Waals surface area contributed by atoms with Gasteiger partial charge < -0.3 is 5.32 Å². The zero-order valence-electron chi connectivity index (χ0n) is 17.7. The van der Waals surface area contributed by atoms with E-state index in [0.29, 0.717) is 5.82 Å². The number of hydrogen-bond acceptors (Lipinski definition) is 5. The number of anilines is 2. The number of allylic oxidation sites excluding steroid dienone is 1. The summed E-state index contributed by atoms with van der Waals surface area (Å²) in [7, 11) is 1.89. The van der Waals surface area contributed by atoms with Crippen molar-refractivity contribution >= 4 is 17.2 Å². The van der Waals surface area contributed by atoms with Gasteiger partial charge in [0.15, 0.2) is 5.82 Å². The zero-order valence-corrected chi connectivity index (χ0v) is 17.7. The van der Waals surface area contributed by atoms with Crippen molar-refractivity contribution in [3.63, 3.8) is 0 Å². The van der Waals surface area contributed by atoms with Crippen LogP contribution >= 0.6 is 0 Å². The van der Waals surface area contributed by atoms with Crippen molar-refractivity contribution in [3.05, 3.63) is 79.0 Å². The van der Waals surface area contributed by atoms with Gasteiger partial charge in [0.05, 0.1) is 35.5 Å². The van der Waals surface area contributed by atoms with Crippen LogP contribution < -0.4 is 5.32 Å². The minimum Gasteiger partial charge on any atom is -0.323 e. The average Bonchev–Trinajstić information content (AvgIpc) is 3.59. The third-order valence-electron chi connectivity index (χ3n) is 5.59. The summed E-state index contributed by atoms with van der Waals surface area (Å²) in [6.45, 7) is 5.85. The maximum absolute atomic E-state index is 4.71. The minimum atomic E-state index is 0.637. The predicted molar refractivity (Wildman–Crippen MR) is 124 cm³/mol. The lowest BCUT2D eigenvalue weighted by Crippen LogP contribution is -2.03. The molecule has 1 aromatic carbocycles. The minimum absolute atomic E-state index is 0.637. The molecular formula is C25H24N6. The Morgan fingerprint density at radius 1 is 1.00 bits per heavy atom.